The van der Waals surface area contributed by atoms with Gasteiger partial charge in [0.2, 0.25) is 5.43 Å². The number of nitrogens with two attached hydrogens (primary N) is 1. The summed E-state index contributed by atoms with van der Waals surface area (Å²) in [5.74, 6) is -1.15. The molecule has 2 heterocycles. The van der Waals surface area contributed by atoms with Crippen LogP contribution in [0.3, 0.4) is 0 Å². The van der Waals surface area contributed by atoms with Crippen LogP contribution in [0.1, 0.15) is 29.6 Å². The van der Waals surface area contributed by atoms with Gasteiger partial charge in [0.15, 0.2) is 0 Å². The topological polar surface area (TPSA) is 109 Å². The molecule has 3 atom stereocenters. The minimum absolute atomic E-state index is 0.00691. The fraction of sp³-hybridized carbons (Fsp3) is 0.333. The standard InChI is InChI=1S/C24H24FN3O4/c25-19-8-16-21(9-22(19)27-10-13-2-1-3-20(26)17(13)11-27)28(12-18(23(16)30)24(31)32)14-4-6-15(29)7-5-14/h4-9,12-13,17,20,29H,1-3,10-11,26H2,(H,31,32)/t13-,17+,20-/m1/s1. The Kier molecular flexibility index (Phi) is 4.89. The van der Waals surface area contributed by atoms with Crippen LogP contribution in [0.5, 0.6) is 5.75 Å². The van der Waals surface area contributed by atoms with Gasteiger partial charge in [-0.1, -0.05) is 6.42 Å². The molecule has 5 rings (SSSR count). The van der Waals surface area contributed by atoms with Crippen molar-refractivity contribution in [3.05, 3.63) is 64.2 Å². The number of carbonyl (C=O) groups is 1. The zero-order valence-electron chi connectivity index (χ0n) is 17.4. The van der Waals surface area contributed by atoms with Crippen molar-refractivity contribution in [2.45, 2.75) is 25.3 Å². The maximum atomic E-state index is 15.2. The SMILES string of the molecule is N[C@@H]1CCC[C@@H]2CN(c3cc4c(cc3F)c(=O)c(C(=O)O)cn4-c3ccc(O)cc3)C[C@@H]21. The lowest BCUT2D eigenvalue weighted by atomic mass is 9.78. The summed E-state index contributed by atoms with van der Waals surface area (Å²) in [4.78, 5) is 26.5. The van der Waals surface area contributed by atoms with E-state index in [1.54, 1.807) is 22.8 Å². The lowest BCUT2D eigenvalue weighted by Crippen LogP contribution is -2.38. The molecule has 0 spiro atoms. The summed E-state index contributed by atoms with van der Waals surface area (Å²) in [6.07, 6.45) is 4.38. The third-order valence-corrected chi connectivity index (χ3v) is 6.93. The number of anilines is 1. The molecule has 2 aliphatic rings. The lowest BCUT2D eigenvalue weighted by Gasteiger charge is -2.29. The molecule has 0 radical (unpaired) electrons. The zero-order valence-corrected chi connectivity index (χ0v) is 17.4. The van der Waals surface area contributed by atoms with Crippen molar-refractivity contribution in [3.63, 3.8) is 0 Å². The molecule has 1 aromatic heterocycles. The van der Waals surface area contributed by atoms with Gasteiger partial charge in [0.1, 0.15) is 17.1 Å². The van der Waals surface area contributed by atoms with Gasteiger partial charge in [0.05, 0.1) is 11.2 Å². The van der Waals surface area contributed by atoms with Gasteiger partial charge in [-0.3, -0.25) is 4.79 Å². The molecule has 2 aromatic carbocycles. The molecule has 1 aliphatic carbocycles. The first-order valence-electron chi connectivity index (χ1n) is 10.8. The quantitative estimate of drug-likeness (QED) is 0.581. The summed E-state index contributed by atoms with van der Waals surface area (Å²) in [6, 6.07) is 9.02. The van der Waals surface area contributed by atoms with E-state index in [1.165, 1.54) is 18.3 Å². The van der Waals surface area contributed by atoms with Gasteiger partial charge in [0, 0.05) is 36.4 Å². The molecule has 0 amide bonds. The molecule has 0 bridgehead atoms. The van der Waals surface area contributed by atoms with Crippen molar-refractivity contribution in [2.75, 3.05) is 18.0 Å². The van der Waals surface area contributed by atoms with Gasteiger partial charge in [-0.2, -0.15) is 0 Å². The Labute approximate surface area is 183 Å². The number of benzene rings is 2. The molecule has 3 aromatic rings. The maximum absolute atomic E-state index is 15.2. The lowest BCUT2D eigenvalue weighted by molar-refractivity contribution is 0.0695. The number of carboxylic acid groups (broad SMARTS) is 1. The highest BCUT2D eigenvalue weighted by Crippen LogP contribution is 2.39. The third-order valence-electron chi connectivity index (χ3n) is 6.93. The van der Waals surface area contributed by atoms with Gasteiger partial charge in [0.25, 0.3) is 0 Å². The molecule has 8 heteroatoms. The average Bonchev–Trinajstić information content (AvgIpc) is 3.20. The van der Waals surface area contributed by atoms with E-state index < -0.39 is 22.8 Å². The molecule has 1 aliphatic heterocycles. The fourth-order valence-electron chi connectivity index (χ4n) is 5.27. The smallest absolute Gasteiger partial charge is 0.341 e. The number of hydrogen-bond donors (Lipinski definition) is 3. The molecule has 1 saturated heterocycles. The monoisotopic (exact) mass is 437 g/mol. The fourth-order valence-corrected chi connectivity index (χ4v) is 5.27. The third kappa shape index (κ3) is 3.31. The summed E-state index contributed by atoms with van der Waals surface area (Å²) in [5.41, 5.74) is 6.48. The number of carboxylic acids is 1. The molecule has 4 N–H and O–H groups in total. The van der Waals surface area contributed by atoms with Gasteiger partial charge in [-0.15, -0.1) is 0 Å². The molecular formula is C24H24FN3O4. The zero-order chi connectivity index (χ0) is 22.6. The van der Waals surface area contributed by atoms with E-state index in [0.717, 1.165) is 25.3 Å². The number of nitrogens with zero attached hydrogens (tertiary/aromatic N) is 2. The number of rotatable bonds is 3. The Morgan fingerprint density at radius 1 is 1.12 bits per heavy atom. The van der Waals surface area contributed by atoms with Crippen LogP contribution < -0.4 is 16.1 Å². The number of phenolic OH excluding ortho intramolecular Hbond substituents is 1. The van der Waals surface area contributed by atoms with Crippen LogP contribution in [0.15, 0.2) is 47.4 Å². The molecule has 1 saturated carbocycles. The Bertz CT molecular complexity index is 1270. The second kappa shape index (κ2) is 7.63. The van der Waals surface area contributed by atoms with Crippen molar-refractivity contribution < 1.29 is 19.4 Å². The highest BCUT2D eigenvalue weighted by molar-refractivity contribution is 5.94. The van der Waals surface area contributed by atoms with E-state index in [2.05, 4.69) is 0 Å². The van der Waals surface area contributed by atoms with Crippen LogP contribution in [0.25, 0.3) is 16.6 Å². The van der Waals surface area contributed by atoms with Crippen molar-refractivity contribution in [2.24, 2.45) is 17.6 Å². The van der Waals surface area contributed by atoms with Gasteiger partial charge < -0.3 is 25.4 Å². The van der Waals surface area contributed by atoms with E-state index in [1.807, 2.05) is 4.90 Å². The highest BCUT2D eigenvalue weighted by atomic mass is 19.1. The Morgan fingerprint density at radius 2 is 1.88 bits per heavy atom. The Morgan fingerprint density at radius 3 is 2.56 bits per heavy atom. The minimum Gasteiger partial charge on any atom is -0.508 e. The van der Waals surface area contributed by atoms with E-state index in [0.29, 0.717) is 41.8 Å². The van der Waals surface area contributed by atoms with Gasteiger partial charge in [-0.25, -0.2) is 9.18 Å². The van der Waals surface area contributed by atoms with E-state index in [9.17, 15) is 19.8 Å². The predicted molar refractivity (Wildman–Crippen MR) is 119 cm³/mol. The van der Waals surface area contributed by atoms with Crippen molar-refractivity contribution in [1.29, 1.82) is 0 Å². The van der Waals surface area contributed by atoms with Crippen LogP contribution in [0, 0.1) is 17.7 Å². The summed E-state index contributed by atoms with van der Waals surface area (Å²) < 4.78 is 16.8. The summed E-state index contributed by atoms with van der Waals surface area (Å²) in [6.45, 7) is 1.36. The van der Waals surface area contributed by atoms with Crippen LogP contribution >= 0.6 is 0 Å². The van der Waals surface area contributed by atoms with Crippen LogP contribution in [0.4, 0.5) is 10.1 Å². The van der Waals surface area contributed by atoms with E-state index >= 15 is 4.39 Å². The number of pyridine rings is 1. The second-order valence-electron chi connectivity index (χ2n) is 8.81. The van der Waals surface area contributed by atoms with Crippen LogP contribution in [-0.2, 0) is 0 Å². The molecule has 0 unspecified atom stereocenters. The van der Waals surface area contributed by atoms with Gasteiger partial charge >= 0.3 is 5.97 Å². The number of aromatic hydroxyl groups is 1. The second-order valence-corrected chi connectivity index (χ2v) is 8.81. The Hall–Kier alpha value is -3.39. The van der Waals surface area contributed by atoms with E-state index in [4.69, 9.17) is 5.73 Å². The summed E-state index contributed by atoms with van der Waals surface area (Å²) in [7, 11) is 0. The predicted octanol–water partition coefficient (Wildman–Crippen LogP) is 3.10. The molecule has 2 fully saturated rings. The largest absolute Gasteiger partial charge is 0.508 e. The number of halogens is 1. The normalized spacial score (nSPS) is 22.8. The van der Waals surface area contributed by atoms with Crippen molar-refractivity contribution >= 4 is 22.6 Å². The van der Waals surface area contributed by atoms with Crippen LogP contribution in [0.2, 0.25) is 0 Å². The number of phenols is 1. The first kappa shape index (κ1) is 20.5. The minimum atomic E-state index is -1.38. The molecule has 32 heavy (non-hydrogen) atoms. The summed E-state index contributed by atoms with van der Waals surface area (Å²) >= 11 is 0. The van der Waals surface area contributed by atoms with Gasteiger partial charge in [-0.05, 0) is 61.1 Å². The van der Waals surface area contributed by atoms with Crippen molar-refractivity contribution in [3.8, 4) is 11.4 Å². The number of aromatic carboxylic acids is 1. The van der Waals surface area contributed by atoms with Crippen molar-refractivity contribution in [1.82, 2.24) is 4.57 Å². The first-order chi connectivity index (χ1) is 15.3. The van der Waals surface area contributed by atoms with E-state index in [-0.39, 0.29) is 17.2 Å². The molecular weight excluding hydrogens is 413 g/mol. The highest BCUT2D eigenvalue weighted by Gasteiger charge is 2.39. The number of fused-ring (bicyclic) bond motifs is 2. The average molecular weight is 437 g/mol. The first-order valence-corrected chi connectivity index (χ1v) is 10.8. The number of hydrogen-bond acceptors (Lipinski definition) is 5. The Balaban J connectivity index is 1.69. The summed E-state index contributed by atoms with van der Waals surface area (Å²) in [5, 5.41) is 19.1. The molecule has 7 nitrogen and oxygen atoms in total. The molecule has 166 valence electrons. The maximum Gasteiger partial charge on any atom is 0.341 e. The number of aromatic nitrogens is 1. The van der Waals surface area contributed by atoms with Crippen LogP contribution in [-0.4, -0.2) is 39.9 Å².